The van der Waals surface area contributed by atoms with E-state index in [1.165, 1.54) is 20.8 Å². The summed E-state index contributed by atoms with van der Waals surface area (Å²) in [4.78, 5) is 161. The molecule has 0 spiro atoms. The first-order valence-electron chi connectivity index (χ1n) is 28.2. The van der Waals surface area contributed by atoms with Crippen LogP contribution < -0.4 is 75.7 Å². The molecular weight excluding hydrogens is 1090 g/mol. The van der Waals surface area contributed by atoms with E-state index in [9.17, 15) is 67.7 Å². The molecule has 0 aliphatic carbocycles. The van der Waals surface area contributed by atoms with Crippen LogP contribution in [0.25, 0.3) is 0 Å². The van der Waals surface area contributed by atoms with Gasteiger partial charge in [0.15, 0.2) is 12.1 Å². The number of amides is 12. The Balaban J connectivity index is 1.89. The van der Waals surface area contributed by atoms with Gasteiger partial charge in [0.25, 0.3) is 11.8 Å². The van der Waals surface area contributed by atoms with Gasteiger partial charge >= 0.3 is 0 Å². The fraction of sp³-hybridized carbons (Fsp3) is 0.571. The minimum atomic E-state index is -1.64. The Morgan fingerprint density at radius 3 is 1.63 bits per heavy atom. The molecule has 28 heteroatoms. The van der Waals surface area contributed by atoms with Gasteiger partial charge in [-0.25, -0.2) is 0 Å². The second-order valence-corrected chi connectivity index (χ2v) is 21.8. The number of benzene rings is 2. The lowest BCUT2D eigenvalue weighted by atomic mass is 9.96. The van der Waals surface area contributed by atoms with Crippen molar-refractivity contribution >= 4 is 70.9 Å². The number of carbonyl (C=O) groups excluding carboxylic acids is 12. The summed E-state index contributed by atoms with van der Waals surface area (Å²) in [6.45, 7) is 10.4. The fourth-order valence-electron chi connectivity index (χ4n) is 9.16. The second kappa shape index (κ2) is 34.5. The maximum Gasteiger partial charge on any atom is 0.279 e. The lowest BCUT2D eigenvalue weighted by molar-refractivity contribution is -0.904. The van der Waals surface area contributed by atoms with E-state index in [0.29, 0.717) is 36.3 Å². The third-order valence-electron chi connectivity index (χ3n) is 14.6. The molecule has 0 saturated carbocycles. The van der Waals surface area contributed by atoms with Crippen molar-refractivity contribution in [1.82, 2.24) is 47.9 Å². The maximum absolute atomic E-state index is 14.4. The average molecular weight is 1180 g/mol. The van der Waals surface area contributed by atoms with Gasteiger partial charge in [-0.05, 0) is 50.7 Å². The van der Waals surface area contributed by atoms with Crippen LogP contribution in [0.4, 0.5) is 0 Å². The zero-order chi connectivity index (χ0) is 63.0. The van der Waals surface area contributed by atoms with Gasteiger partial charge in [-0.15, -0.1) is 0 Å². The lowest BCUT2D eigenvalue weighted by Gasteiger charge is -2.30. The fourth-order valence-corrected chi connectivity index (χ4v) is 9.16. The molecule has 1 saturated heterocycles. The van der Waals surface area contributed by atoms with Crippen LogP contribution in [-0.4, -0.2) is 173 Å². The topological polar surface area (TPSA) is 464 Å². The van der Waals surface area contributed by atoms with Crippen molar-refractivity contribution in [3.63, 3.8) is 0 Å². The summed E-state index contributed by atoms with van der Waals surface area (Å²) in [6.07, 6.45) is -1.63. The summed E-state index contributed by atoms with van der Waals surface area (Å²) in [5, 5.41) is 43.8. The molecule has 1 fully saturated rings. The van der Waals surface area contributed by atoms with Gasteiger partial charge in [0.1, 0.15) is 48.3 Å². The molecule has 1 unspecified atom stereocenters. The molecule has 0 aromatic heterocycles. The van der Waals surface area contributed by atoms with Crippen LogP contribution in [0.2, 0.25) is 0 Å². The molecule has 0 bridgehead atoms. The Bertz CT molecular complexity index is 2590. The highest BCUT2D eigenvalue weighted by Gasteiger charge is 2.41. The van der Waals surface area contributed by atoms with E-state index >= 15 is 0 Å². The van der Waals surface area contributed by atoms with Crippen LogP contribution in [0.1, 0.15) is 98.1 Å². The molecule has 2 aromatic carbocycles. The molecule has 21 N–H and O–H groups in total. The quantitative estimate of drug-likeness (QED) is 0.0305. The van der Waals surface area contributed by atoms with Gasteiger partial charge in [0.05, 0.1) is 38.3 Å². The van der Waals surface area contributed by atoms with Crippen molar-refractivity contribution in [3.8, 4) is 0 Å². The highest BCUT2D eigenvalue weighted by Crippen LogP contribution is 2.13. The van der Waals surface area contributed by atoms with Crippen molar-refractivity contribution in [2.45, 2.75) is 172 Å². The van der Waals surface area contributed by atoms with E-state index < -0.39 is 162 Å². The minimum absolute atomic E-state index is 0.0875. The summed E-state index contributed by atoms with van der Waals surface area (Å²) in [6, 6.07) is 3.91. The molecular formula is C56H88N14O14+2. The first kappa shape index (κ1) is 70.2. The van der Waals surface area contributed by atoms with Crippen LogP contribution >= 0.6 is 0 Å². The van der Waals surface area contributed by atoms with Crippen LogP contribution in [0.15, 0.2) is 60.7 Å². The summed E-state index contributed by atoms with van der Waals surface area (Å²) in [5.41, 5.74) is 21.5. The first-order chi connectivity index (χ1) is 39.6. The number of nitrogens with one attached hydrogen (secondary N) is 10. The van der Waals surface area contributed by atoms with Gasteiger partial charge in [-0.2, -0.15) is 0 Å². The summed E-state index contributed by atoms with van der Waals surface area (Å²) < 4.78 is 0. The number of likely N-dealkylation sites (tertiary alicyclic amines) is 1. The standard InChI is InChI=1S/C56H86N14O14/c1-8-30(4)45(55(83)69-46(33(7)72)56(84)62-32(6)48(76)61-31(5)47(60)75)68-49(77)37(21-22-42(57)73)64-53(81)41-20-15-23-70(41)27-36(24-34-16-11-9-12-17-34)63-50(78)39(26-43(58)74)66-51(79)38(25-35-18-13-10-14-19-35)65-52(80)40(28-71)67-54(82)44(59)29(2)3/h9-14,16-19,29-33,36-41,44-46,71-72H,8,15,20-28,59H2,1-7H3,(H2,57,73)(H2,58,74)(H2,60,75)(H,61,76)(H,62,84)(H,63,78)(H,64,81)(H,65,80)(H,66,79)(H,67,82)(H,68,77)(H,69,83)/p+2/t30-,31-,32-,33+,36-,37-,38-,39-,40-,41-,44-,45-,46-/m0/s1. The van der Waals surface area contributed by atoms with Crippen molar-refractivity contribution in [3.05, 3.63) is 71.8 Å². The van der Waals surface area contributed by atoms with E-state index in [-0.39, 0.29) is 38.1 Å². The van der Waals surface area contributed by atoms with Crippen molar-refractivity contribution in [2.24, 2.45) is 29.0 Å². The van der Waals surface area contributed by atoms with Crippen molar-refractivity contribution < 1.29 is 78.4 Å². The summed E-state index contributed by atoms with van der Waals surface area (Å²) >= 11 is 0. The smallest absolute Gasteiger partial charge is 0.279 e. The van der Waals surface area contributed by atoms with Crippen molar-refractivity contribution in [1.29, 1.82) is 0 Å². The number of quaternary nitrogens is 2. The van der Waals surface area contributed by atoms with E-state index in [4.69, 9.17) is 17.2 Å². The largest absolute Gasteiger partial charge is 0.394 e. The number of nitrogens with two attached hydrogens (primary N) is 3. The number of rotatable bonds is 35. The van der Waals surface area contributed by atoms with Gasteiger partial charge < -0.3 is 85.9 Å². The number of carbonyl (C=O) groups is 12. The van der Waals surface area contributed by atoms with Gasteiger partial charge in [-0.1, -0.05) is 94.8 Å². The van der Waals surface area contributed by atoms with E-state index in [0.717, 1.165) is 5.56 Å². The first-order valence-corrected chi connectivity index (χ1v) is 28.2. The zero-order valence-electron chi connectivity index (χ0n) is 48.9. The predicted octanol–water partition coefficient (Wildman–Crippen LogP) is -6.77. The number of hydrogen-bond donors (Lipinski definition) is 16. The number of aliphatic hydroxyl groups excluding tert-OH is 2. The van der Waals surface area contributed by atoms with Gasteiger partial charge in [0.2, 0.25) is 59.1 Å². The Labute approximate surface area is 488 Å². The summed E-state index contributed by atoms with van der Waals surface area (Å²) in [5.74, 6) is -10.8. The Kier molecular flexibility index (Phi) is 28.8. The van der Waals surface area contributed by atoms with E-state index in [2.05, 4.69) is 53.6 Å². The molecule has 12 amide bonds. The number of aliphatic hydroxyl groups is 2. The Morgan fingerprint density at radius 1 is 0.583 bits per heavy atom. The molecule has 0 radical (unpaired) electrons. The minimum Gasteiger partial charge on any atom is -0.394 e. The van der Waals surface area contributed by atoms with Crippen LogP contribution in [-0.2, 0) is 70.4 Å². The molecule has 28 nitrogen and oxygen atoms in total. The zero-order valence-corrected chi connectivity index (χ0v) is 48.9. The highest BCUT2D eigenvalue weighted by molar-refractivity contribution is 5.98. The highest BCUT2D eigenvalue weighted by atomic mass is 16.3. The molecule has 84 heavy (non-hydrogen) atoms. The van der Waals surface area contributed by atoms with Crippen LogP contribution in [0.5, 0.6) is 0 Å². The van der Waals surface area contributed by atoms with Crippen molar-refractivity contribution in [2.75, 3.05) is 19.7 Å². The molecule has 1 heterocycles. The molecule has 2 aromatic rings. The van der Waals surface area contributed by atoms with Crippen LogP contribution in [0.3, 0.4) is 0 Å². The monoisotopic (exact) mass is 1180 g/mol. The van der Waals surface area contributed by atoms with E-state index in [1.54, 1.807) is 76.2 Å². The second-order valence-electron chi connectivity index (χ2n) is 21.8. The Morgan fingerprint density at radius 2 is 1.10 bits per heavy atom. The van der Waals surface area contributed by atoms with Gasteiger partial charge in [-0.3, -0.25) is 57.5 Å². The lowest BCUT2D eigenvalue weighted by Crippen LogP contribution is -3.16. The maximum atomic E-state index is 14.4. The predicted molar refractivity (Wildman–Crippen MR) is 304 cm³/mol. The third-order valence-corrected chi connectivity index (χ3v) is 14.6. The molecule has 1 aliphatic heterocycles. The number of hydrogen-bond acceptors (Lipinski definition) is 14. The number of primary amides is 3. The van der Waals surface area contributed by atoms with Gasteiger partial charge in [0, 0.05) is 31.6 Å². The molecule has 14 atom stereocenters. The van der Waals surface area contributed by atoms with Crippen LogP contribution in [0, 0.1) is 11.8 Å². The normalized spacial score (nSPS) is 18.1. The molecule has 464 valence electrons. The Hall–Kier alpha value is -8.08. The average Bonchev–Trinajstić information content (AvgIpc) is 3.96. The third kappa shape index (κ3) is 22.9. The van der Waals surface area contributed by atoms with E-state index in [1.807, 2.05) is 12.1 Å². The summed E-state index contributed by atoms with van der Waals surface area (Å²) in [7, 11) is 0. The molecule has 1 aliphatic rings. The molecule has 3 rings (SSSR count). The SMILES string of the molecule is CC[C@H](C)[C@H](NC(=O)[C@H](CCC(N)=O)NC(=O)[C@@H]1CCC[NH+]1C[C@H](Cc1ccccc1)NC(=O)[C@H](CC(N)=O)NC(=O)[C@H](Cc1ccccc1)NC(=O)[C@H](CO)NC(=O)[C@@H]([NH3+])C(C)C)C(=O)N[C@H](C(=O)N[C@@H](C)C(=O)N[C@@H](C)C(N)=O)[C@@H](C)O.